The number of likely N-dealkylation sites (tertiary alicyclic amines) is 1. The van der Waals surface area contributed by atoms with Gasteiger partial charge in [-0.2, -0.15) is 0 Å². The van der Waals surface area contributed by atoms with Gasteiger partial charge in [0.15, 0.2) is 0 Å². The lowest BCUT2D eigenvalue weighted by Crippen LogP contribution is -2.57. The number of hydrogen-bond donors (Lipinski definition) is 1. The number of carbonyl (C=O) groups is 3. The summed E-state index contributed by atoms with van der Waals surface area (Å²) in [6.45, 7) is 13.2. The lowest BCUT2D eigenvalue weighted by Gasteiger charge is -2.40. The van der Waals surface area contributed by atoms with E-state index in [-0.39, 0.29) is 25.0 Å². The Morgan fingerprint density at radius 2 is 1.90 bits per heavy atom. The van der Waals surface area contributed by atoms with Gasteiger partial charge < -0.3 is 24.4 Å². The van der Waals surface area contributed by atoms with Crippen molar-refractivity contribution in [3.05, 3.63) is 90.5 Å². The van der Waals surface area contributed by atoms with Gasteiger partial charge in [-0.15, -0.1) is 6.58 Å². The number of aliphatic hydroxyl groups excluding tert-OH is 1. The molecule has 2 unspecified atom stereocenters. The normalized spacial score (nSPS) is 28.3. The average molecular weight is 573 g/mol. The fraction of sp³-hybridized carbons (Fsp3) is 0.441. The Balaban J connectivity index is 1.69. The molecule has 1 spiro atoms. The molecule has 2 bridgehead atoms. The van der Waals surface area contributed by atoms with Crippen LogP contribution in [0, 0.1) is 25.7 Å². The maximum atomic E-state index is 15.0. The van der Waals surface area contributed by atoms with E-state index in [0.29, 0.717) is 30.5 Å². The predicted octanol–water partition coefficient (Wildman–Crippen LogP) is 4.44. The highest BCUT2D eigenvalue weighted by atomic mass is 16.6. The first kappa shape index (κ1) is 29.7. The van der Waals surface area contributed by atoms with E-state index in [9.17, 15) is 19.5 Å². The summed E-state index contributed by atoms with van der Waals surface area (Å²) in [6.07, 6.45) is 4.58. The van der Waals surface area contributed by atoms with Gasteiger partial charge in [0, 0.05) is 12.2 Å². The molecule has 3 aliphatic heterocycles. The van der Waals surface area contributed by atoms with Crippen LogP contribution in [-0.4, -0.2) is 64.8 Å². The summed E-state index contributed by atoms with van der Waals surface area (Å²) >= 11 is 0. The van der Waals surface area contributed by atoms with Gasteiger partial charge in [0.05, 0.1) is 24.2 Å². The molecule has 0 aromatic heterocycles. The molecule has 6 atom stereocenters. The monoisotopic (exact) mass is 572 g/mol. The summed E-state index contributed by atoms with van der Waals surface area (Å²) in [5.41, 5.74) is 1.10. The Morgan fingerprint density at radius 1 is 1.17 bits per heavy atom. The minimum Gasteiger partial charge on any atom is -0.461 e. The van der Waals surface area contributed by atoms with Crippen molar-refractivity contribution in [1.82, 2.24) is 4.90 Å². The van der Waals surface area contributed by atoms with Crippen molar-refractivity contribution in [1.29, 1.82) is 0 Å². The summed E-state index contributed by atoms with van der Waals surface area (Å²) in [5, 5.41) is 10.7. The first-order valence-corrected chi connectivity index (χ1v) is 14.6. The number of aryl methyl sites for hydroxylation is 2. The molecule has 3 fully saturated rings. The molecule has 3 aliphatic rings. The second-order valence-electron chi connectivity index (χ2n) is 11.6. The second kappa shape index (κ2) is 11.5. The van der Waals surface area contributed by atoms with Gasteiger partial charge in [0.2, 0.25) is 5.91 Å². The summed E-state index contributed by atoms with van der Waals surface area (Å²) in [4.78, 5) is 46.4. The summed E-state index contributed by atoms with van der Waals surface area (Å²) in [5.74, 6) is -3.05. The van der Waals surface area contributed by atoms with Gasteiger partial charge in [0.25, 0.3) is 5.91 Å². The van der Waals surface area contributed by atoms with Gasteiger partial charge in [-0.3, -0.25) is 14.4 Å². The Morgan fingerprint density at radius 3 is 2.55 bits per heavy atom. The Hall–Kier alpha value is -3.75. The van der Waals surface area contributed by atoms with E-state index in [1.807, 2.05) is 69.3 Å². The van der Waals surface area contributed by atoms with E-state index >= 15 is 0 Å². The number of fused-ring (bicyclic) bond motifs is 1. The molecule has 3 heterocycles. The number of esters is 1. The zero-order valence-electron chi connectivity index (χ0n) is 24.6. The maximum Gasteiger partial charge on any atom is 0.313 e. The quantitative estimate of drug-likeness (QED) is 0.316. The summed E-state index contributed by atoms with van der Waals surface area (Å²) in [7, 11) is 0. The number of benzene rings is 2. The third-order valence-electron chi connectivity index (χ3n) is 9.38. The maximum absolute atomic E-state index is 15.0. The molecular weight excluding hydrogens is 532 g/mol. The number of carbonyl (C=O) groups excluding carboxylic acids is 3. The molecule has 2 aromatic rings. The van der Waals surface area contributed by atoms with Crippen LogP contribution in [0.2, 0.25) is 0 Å². The van der Waals surface area contributed by atoms with Crippen molar-refractivity contribution < 1.29 is 29.0 Å². The second-order valence-corrected chi connectivity index (χ2v) is 11.6. The van der Waals surface area contributed by atoms with E-state index < -0.39 is 47.7 Å². The van der Waals surface area contributed by atoms with Gasteiger partial charge in [0.1, 0.15) is 24.2 Å². The van der Waals surface area contributed by atoms with Gasteiger partial charge >= 0.3 is 5.97 Å². The first-order valence-electron chi connectivity index (χ1n) is 14.6. The number of amides is 2. The molecule has 5 rings (SSSR count). The lowest BCUT2D eigenvalue weighted by atomic mass is 9.65. The Bertz CT molecular complexity index is 1390. The van der Waals surface area contributed by atoms with Gasteiger partial charge in [-0.1, -0.05) is 68.1 Å². The highest BCUT2D eigenvalue weighted by Gasteiger charge is 2.79. The molecule has 2 amide bonds. The number of anilines is 1. The smallest absolute Gasteiger partial charge is 0.313 e. The van der Waals surface area contributed by atoms with Crippen LogP contribution in [0.15, 0.2) is 73.8 Å². The predicted molar refractivity (Wildman–Crippen MR) is 160 cm³/mol. The SMILES string of the molecule is C=CCOC(=O)[C@@H]1[C@H]2C(=O)N([C@H](CO)c3ccccc3)C(C(=O)N(CC=C)c3cc(C)ccc3C)C23CC[C@@]1(CC)O3. The van der Waals surface area contributed by atoms with Crippen molar-refractivity contribution in [3.8, 4) is 0 Å². The van der Waals surface area contributed by atoms with Crippen molar-refractivity contribution in [2.45, 2.75) is 63.3 Å². The van der Waals surface area contributed by atoms with E-state index in [4.69, 9.17) is 9.47 Å². The van der Waals surface area contributed by atoms with Crippen LogP contribution in [0.25, 0.3) is 0 Å². The summed E-state index contributed by atoms with van der Waals surface area (Å²) in [6, 6.07) is 13.2. The number of nitrogens with zero attached hydrogens (tertiary/aromatic N) is 2. The third kappa shape index (κ3) is 4.48. The van der Waals surface area contributed by atoms with Crippen molar-refractivity contribution in [2.24, 2.45) is 11.8 Å². The standard InChI is InChI=1S/C34H40N2O6/c1-6-18-35(25-20-22(4)14-15-23(25)5)31(39)29-34-17-16-33(8-3,42-34)28(32(40)41-19-7-2)27(34)30(38)36(29)26(21-37)24-12-10-9-11-13-24/h6-7,9-15,20,26-29,37H,1-2,8,16-19,21H2,3-5H3/t26-,27+,28+,29?,33-,34?/m1/s1. The molecule has 2 aromatic carbocycles. The zero-order chi connectivity index (χ0) is 30.2. The molecule has 8 nitrogen and oxygen atoms in total. The average Bonchev–Trinajstić information content (AvgIpc) is 3.60. The number of ether oxygens (including phenoxy) is 2. The van der Waals surface area contributed by atoms with Crippen LogP contribution in [0.4, 0.5) is 5.69 Å². The first-order chi connectivity index (χ1) is 20.2. The highest BCUT2D eigenvalue weighted by molar-refractivity contribution is 6.05. The number of hydrogen-bond acceptors (Lipinski definition) is 6. The van der Waals surface area contributed by atoms with Crippen LogP contribution in [0.1, 0.15) is 48.9 Å². The molecule has 0 saturated carbocycles. The van der Waals surface area contributed by atoms with E-state index in [1.54, 1.807) is 11.0 Å². The molecule has 0 radical (unpaired) electrons. The fourth-order valence-electron chi connectivity index (χ4n) is 7.48. The van der Waals surface area contributed by atoms with Crippen molar-refractivity contribution in [3.63, 3.8) is 0 Å². The van der Waals surface area contributed by atoms with Gasteiger partial charge in [-0.25, -0.2) is 0 Å². The minimum atomic E-state index is -1.26. The topological polar surface area (TPSA) is 96.4 Å². The van der Waals surface area contributed by atoms with E-state index in [1.165, 1.54) is 11.0 Å². The largest absolute Gasteiger partial charge is 0.461 e. The zero-order valence-corrected chi connectivity index (χ0v) is 24.6. The molecule has 1 N–H and O–H groups in total. The van der Waals surface area contributed by atoms with E-state index in [0.717, 1.165) is 11.1 Å². The third-order valence-corrected chi connectivity index (χ3v) is 9.38. The van der Waals surface area contributed by atoms with Gasteiger partial charge in [-0.05, 0) is 55.9 Å². The molecule has 42 heavy (non-hydrogen) atoms. The van der Waals surface area contributed by atoms with Crippen molar-refractivity contribution in [2.75, 3.05) is 24.7 Å². The van der Waals surface area contributed by atoms with Crippen LogP contribution in [-0.2, 0) is 23.9 Å². The molecular formula is C34H40N2O6. The minimum absolute atomic E-state index is 0.0120. The fourth-order valence-corrected chi connectivity index (χ4v) is 7.48. The molecule has 0 aliphatic carbocycles. The van der Waals surface area contributed by atoms with Crippen molar-refractivity contribution >= 4 is 23.5 Å². The molecule has 222 valence electrons. The highest BCUT2D eigenvalue weighted by Crippen LogP contribution is 2.65. The number of aliphatic hydroxyl groups is 1. The van der Waals surface area contributed by atoms with Crippen LogP contribution >= 0.6 is 0 Å². The van der Waals surface area contributed by atoms with E-state index in [2.05, 4.69) is 13.2 Å². The molecule has 8 heteroatoms. The Labute approximate surface area is 247 Å². The molecule has 3 saturated heterocycles. The van der Waals surface area contributed by atoms with Crippen LogP contribution in [0.3, 0.4) is 0 Å². The summed E-state index contributed by atoms with van der Waals surface area (Å²) < 4.78 is 12.4. The van der Waals surface area contributed by atoms with Crippen LogP contribution < -0.4 is 4.90 Å². The Kier molecular flexibility index (Phi) is 8.14. The lowest BCUT2D eigenvalue weighted by molar-refractivity contribution is -0.161. The van der Waals surface area contributed by atoms with Crippen LogP contribution in [0.5, 0.6) is 0 Å². The number of rotatable bonds is 11.